The Morgan fingerprint density at radius 2 is 2.10 bits per heavy atom. The van der Waals surface area contributed by atoms with Crippen LogP contribution in [0.5, 0.6) is 0 Å². The third-order valence-electron chi connectivity index (χ3n) is 1.82. The van der Waals surface area contributed by atoms with Crippen molar-refractivity contribution in [1.29, 1.82) is 0 Å². The first-order valence-electron chi connectivity index (χ1n) is 4.02. The Hall–Kier alpha value is -0.0800. The lowest BCUT2D eigenvalue weighted by atomic mass is 10.3. The summed E-state index contributed by atoms with van der Waals surface area (Å²) in [6.07, 6.45) is 3.28. The molecule has 2 nitrogen and oxygen atoms in total. The van der Waals surface area contributed by atoms with Crippen LogP contribution in [-0.2, 0) is 4.74 Å². The summed E-state index contributed by atoms with van der Waals surface area (Å²) in [7, 11) is 0. The van der Waals surface area contributed by atoms with Gasteiger partial charge in [-0.1, -0.05) is 0 Å². The first kappa shape index (κ1) is 8.02. The topological polar surface area (TPSA) is 29.5 Å². The molecule has 10 heavy (non-hydrogen) atoms. The van der Waals surface area contributed by atoms with Crippen molar-refractivity contribution in [3.05, 3.63) is 0 Å². The maximum atomic E-state index is 9.13. The molecule has 1 saturated carbocycles. The van der Waals surface area contributed by atoms with Gasteiger partial charge in [0.25, 0.3) is 0 Å². The lowest BCUT2D eigenvalue weighted by Gasteiger charge is -2.13. The van der Waals surface area contributed by atoms with Gasteiger partial charge in [0.05, 0.1) is 18.3 Å². The zero-order valence-electron chi connectivity index (χ0n) is 6.71. The Bertz CT molecular complexity index is 101. The lowest BCUT2D eigenvalue weighted by molar-refractivity contribution is 0.00542. The van der Waals surface area contributed by atoms with Crippen LogP contribution in [0.4, 0.5) is 0 Å². The van der Waals surface area contributed by atoms with Gasteiger partial charge in [-0.05, 0) is 33.1 Å². The van der Waals surface area contributed by atoms with E-state index in [1.54, 1.807) is 0 Å². The highest BCUT2D eigenvalue weighted by Crippen LogP contribution is 2.22. The molecule has 1 fully saturated rings. The normalized spacial score (nSPS) is 33.6. The first-order valence-corrected chi connectivity index (χ1v) is 4.02. The molecule has 1 aliphatic rings. The van der Waals surface area contributed by atoms with Crippen LogP contribution >= 0.6 is 0 Å². The predicted octanol–water partition coefficient (Wildman–Crippen LogP) is 1.32. The van der Waals surface area contributed by atoms with Gasteiger partial charge in [0.2, 0.25) is 0 Å². The average Bonchev–Trinajstić information content (AvgIpc) is 2.13. The molecule has 0 aromatic carbocycles. The summed E-state index contributed by atoms with van der Waals surface area (Å²) in [5.74, 6) is 0. The molecule has 0 saturated heterocycles. The summed E-state index contributed by atoms with van der Waals surface area (Å²) < 4.78 is 5.52. The van der Waals surface area contributed by atoms with Gasteiger partial charge in [0.15, 0.2) is 0 Å². The van der Waals surface area contributed by atoms with E-state index >= 15 is 0 Å². The molecule has 0 radical (unpaired) electrons. The average molecular weight is 144 g/mol. The van der Waals surface area contributed by atoms with Crippen molar-refractivity contribution in [3.8, 4) is 0 Å². The zero-order valence-corrected chi connectivity index (χ0v) is 6.71. The molecule has 0 spiro atoms. The van der Waals surface area contributed by atoms with E-state index in [4.69, 9.17) is 9.84 Å². The molecule has 0 aromatic heterocycles. The Kier molecular flexibility index (Phi) is 2.69. The van der Waals surface area contributed by atoms with Crippen LogP contribution in [0.2, 0.25) is 0 Å². The molecule has 0 bridgehead atoms. The third kappa shape index (κ3) is 2.27. The summed E-state index contributed by atoms with van der Waals surface area (Å²) in [6.45, 7) is 4.06. The summed E-state index contributed by atoms with van der Waals surface area (Å²) >= 11 is 0. The van der Waals surface area contributed by atoms with Crippen molar-refractivity contribution in [2.24, 2.45) is 0 Å². The molecule has 0 amide bonds. The Labute approximate surface area is 62.2 Å². The van der Waals surface area contributed by atoms with Crippen LogP contribution in [0.3, 0.4) is 0 Å². The minimum atomic E-state index is -0.108. The Morgan fingerprint density at radius 1 is 1.40 bits per heavy atom. The van der Waals surface area contributed by atoms with Crippen LogP contribution in [0.1, 0.15) is 33.1 Å². The second kappa shape index (κ2) is 3.35. The molecule has 1 aliphatic carbocycles. The minimum Gasteiger partial charge on any atom is -0.393 e. The molecule has 2 unspecified atom stereocenters. The Balaban J connectivity index is 2.18. The standard InChI is InChI=1S/C8H16O2/c1-6(2)10-8-4-3-7(9)5-8/h6-9H,3-5H2,1-2H3. The maximum Gasteiger partial charge on any atom is 0.0604 e. The SMILES string of the molecule is CC(C)OC1CCC(O)C1. The number of hydrogen-bond donors (Lipinski definition) is 1. The number of hydrogen-bond acceptors (Lipinski definition) is 2. The van der Waals surface area contributed by atoms with Gasteiger partial charge in [0.1, 0.15) is 0 Å². The monoisotopic (exact) mass is 144 g/mol. The largest absolute Gasteiger partial charge is 0.393 e. The van der Waals surface area contributed by atoms with Crippen LogP contribution in [0.15, 0.2) is 0 Å². The first-order chi connectivity index (χ1) is 4.68. The second-order valence-electron chi connectivity index (χ2n) is 3.27. The van der Waals surface area contributed by atoms with Gasteiger partial charge in [-0.15, -0.1) is 0 Å². The van der Waals surface area contributed by atoms with Crippen LogP contribution in [-0.4, -0.2) is 23.4 Å². The number of rotatable bonds is 2. The summed E-state index contributed by atoms with van der Waals surface area (Å²) in [5.41, 5.74) is 0. The molecular weight excluding hydrogens is 128 g/mol. The second-order valence-corrected chi connectivity index (χ2v) is 3.27. The highest BCUT2D eigenvalue weighted by Gasteiger charge is 2.23. The van der Waals surface area contributed by atoms with Crippen molar-refractivity contribution >= 4 is 0 Å². The third-order valence-corrected chi connectivity index (χ3v) is 1.82. The van der Waals surface area contributed by atoms with Crippen molar-refractivity contribution in [3.63, 3.8) is 0 Å². The molecule has 1 N–H and O–H groups in total. The molecule has 2 heteroatoms. The smallest absolute Gasteiger partial charge is 0.0604 e. The van der Waals surface area contributed by atoms with E-state index in [-0.39, 0.29) is 6.10 Å². The summed E-state index contributed by atoms with van der Waals surface area (Å²) in [5, 5.41) is 9.13. The molecular formula is C8H16O2. The maximum absolute atomic E-state index is 9.13. The lowest BCUT2D eigenvalue weighted by Crippen LogP contribution is -2.15. The van der Waals surface area contributed by atoms with Gasteiger partial charge in [0, 0.05) is 0 Å². The van der Waals surface area contributed by atoms with Gasteiger partial charge in [-0.25, -0.2) is 0 Å². The minimum absolute atomic E-state index is 0.108. The fourth-order valence-electron chi connectivity index (χ4n) is 1.43. The fraction of sp³-hybridized carbons (Fsp3) is 1.00. The van der Waals surface area contributed by atoms with Gasteiger partial charge >= 0.3 is 0 Å². The summed E-state index contributed by atoms with van der Waals surface area (Å²) in [6, 6.07) is 0. The van der Waals surface area contributed by atoms with E-state index in [9.17, 15) is 0 Å². The van der Waals surface area contributed by atoms with E-state index in [1.165, 1.54) is 0 Å². The number of aliphatic hydroxyl groups excluding tert-OH is 1. The highest BCUT2D eigenvalue weighted by molar-refractivity contribution is 4.75. The van der Waals surface area contributed by atoms with E-state index in [1.807, 2.05) is 13.8 Å². The molecule has 0 aromatic rings. The van der Waals surface area contributed by atoms with Crippen LogP contribution in [0.25, 0.3) is 0 Å². The zero-order chi connectivity index (χ0) is 7.56. The molecule has 2 atom stereocenters. The van der Waals surface area contributed by atoms with Crippen molar-refractivity contribution in [2.45, 2.75) is 51.4 Å². The number of ether oxygens (including phenoxy) is 1. The van der Waals surface area contributed by atoms with Gasteiger partial charge in [-0.2, -0.15) is 0 Å². The number of aliphatic hydroxyl groups is 1. The van der Waals surface area contributed by atoms with Crippen LogP contribution in [0, 0.1) is 0 Å². The van der Waals surface area contributed by atoms with E-state index in [0.29, 0.717) is 12.2 Å². The van der Waals surface area contributed by atoms with Gasteiger partial charge < -0.3 is 9.84 Å². The molecule has 0 aliphatic heterocycles. The van der Waals surface area contributed by atoms with Crippen molar-refractivity contribution in [1.82, 2.24) is 0 Å². The van der Waals surface area contributed by atoms with Crippen LogP contribution < -0.4 is 0 Å². The van der Waals surface area contributed by atoms with Gasteiger partial charge in [-0.3, -0.25) is 0 Å². The molecule has 60 valence electrons. The van der Waals surface area contributed by atoms with Crippen molar-refractivity contribution < 1.29 is 9.84 Å². The van der Waals surface area contributed by atoms with E-state index < -0.39 is 0 Å². The van der Waals surface area contributed by atoms with Crippen molar-refractivity contribution in [2.75, 3.05) is 0 Å². The molecule has 0 heterocycles. The quantitative estimate of drug-likeness (QED) is 0.633. The highest BCUT2D eigenvalue weighted by atomic mass is 16.5. The van der Waals surface area contributed by atoms with E-state index in [0.717, 1.165) is 19.3 Å². The fourth-order valence-corrected chi connectivity index (χ4v) is 1.43. The predicted molar refractivity (Wildman–Crippen MR) is 39.9 cm³/mol. The molecule has 1 rings (SSSR count). The Morgan fingerprint density at radius 3 is 2.50 bits per heavy atom. The summed E-state index contributed by atoms with van der Waals surface area (Å²) in [4.78, 5) is 0. The van der Waals surface area contributed by atoms with E-state index in [2.05, 4.69) is 0 Å².